The summed E-state index contributed by atoms with van der Waals surface area (Å²) in [5.41, 5.74) is 0.575. The van der Waals surface area contributed by atoms with E-state index in [1.165, 1.54) is 19.5 Å². The van der Waals surface area contributed by atoms with Crippen LogP contribution >= 0.6 is 0 Å². The standard InChI is InChI=1S/C10H21N/c1-8(2)10(4)5-6-11-7-9(10)3/h8-9,11H,5-7H2,1-4H3. The van der Waals surface area contributed by atoms with E-state index in [-0.39, 0.29) is 0 Å². The highest BCUT2D eigenvalue weighted by Crippen LogP contribution is 2.39. The van der Waals surface area contributed by atoms with Gasteiger partial charge < -0.3 is 5.32 Å². The first-order valence-electron chi connectivity index (χ1n) is 4.78. The Morgan fingerprint density at radius 2 is 2.09 bits per heavy atom. The van der Waals surface area contributed by atoms with Gasteiger partial charge in [0.2, 0.25) is 0 Å². The van der Waals surface area contributed by atoms with Crippen molar-refractivity contribution in [2.45, 2.75) is 34.1 Å². The van der Waals surface area contributed by atoms with Gasteiger partial charge >= 0.3 is 0 Å². The molecule has 0 bridgehead atoms. The molecule has 0 aromatic rings. The molecule has 66 valence electrons. The molecule has 0 spiro atoms. The Morgan fingerprint density at radius 3 is 2.45 bits per heavy atom. The SMILES string of the molecule is CC(C)C1(C)CCNCC1C. The van der Waals surface area contributed by atoms with Gasteiger partial charge in [0.25, 0.3) is 0 Å². The van der Waals surface area contributed by atoms with E-state index in [0.29, 0.717) is 5.41 Å². The Kier molecular flexibility index (Phi) is 2.58. The van der Waals surface area contributed by atoms with Crippen molar-refractivity contribution >= 4 is 0 Å². The first-order chi connectivity index (χ1) is 5.07. The third-order valence-electron chi connectivity index (χ3n) is 3.74. The second-order valence-corrected chi connectivity index (χ2v) is 4.52. The van der Waals surface area contributed by atoms with Crippen molar-refractivity contribution in [1.29, 1.82) is 0 Å². The van der Waals surface area contributed by atoms with Crippen LogP contribution in [0.3, 0.4) is 0 Å². The fourth-order valence-electron chi connectivity index (χ4n) is 2.01. The zero-order chi connectivity index (χ0) is 8.48. The van der Waals surface area contributed by atoms with Crippen molar-refractivity contribution in [1.82, 2.24) is 5.32 Å². The number of hydrogen-bond donors (Lipinski definition) is 1. The van der Waals surface area contributed by atoms with Gasteiger partial charge in [-0.05, 0) is 36.8 Å². The van der Waals surface area contributed by atoms with E-state index in [1.807, 2.05) is 0 Å². The monoisotopic (exact) mass is 155 g/mol. The Balaban J connectivity index is 2.64. The Morgan fingerprint density at radius 1 is 1.45 bits per heavy atom. The lowest BCUT2D eigenvalue weighted by atomic mass is 9.66. The van der Waals surface area contributed by atoms with E-state index in [0.717, 1.165) is 11.8 Å². The molecule has 0 aliphatic carbocycles. The Bertz CT molecular complexity index is 131. The average Bonchev–Trinajstić information content (AvgIpc) is 1.95. The molecule has 0 amide bonds. The van der Waals surface area contributed by atoms with Crippen LogP contribution in [-0.4, -0.2) is 13.1 Å². The summed E-state index contributed by atoms with van der Waals surface area (Å²) in [6.45, 7) is 11.9. The second kappa shape index (κ2) is 3.14. The maximum absolute atomic E-state index is 3.44. The summed E-state index contributed by atoms with van der Waals surface area (Å²) >= 11 is 0. The number of rotatable bonds is 1. The van der Waals surface area contributed by atoms with Crippen molar-refractivity contribution in [3.63, 3.8) is 0 Å². The predicted molar refractivity (Wildman–Crippen MR) is 49.6 cm³/mol. The van der Waals surface area contributed by atoms with Crippen LogP contribution in [-0.2, 0) is 0 Å². The molecular formula is C10H21N. The third-order valence-corrected chi connectivity index (χ3v) is 3.74. The van der Waals surface area contributed by atoms with Crippen LogP contribution in [0.15, 0.2) is 0 Å². The van der Waals surface area contributed by atoms with Crippen molar-refractivity contribution in [3.8, 4) is 0 Å². The minimum absolute atomic E-state index is 0.575. The van der Waals surface area contributed by atoms with Gasteiger partial charge in [-0.3, -0.25) is 0 Å². The maximum atomic E-state index is 3.44. The summed E-state index contributed by atoms with van der Waals surface area (Å²) in [5.74, 6) is 1.65. The molecule has 0 saturated carbocycles. The molecule has 1 aliphatic heterocycles. The van der Waals surface area contributed by atoms with Crippen LogP contribution in [0.25, 0.3) is 0 Å². The van der Waals surface area contributed by atoms with Crippen LogP contribution in [0.1, 0.15) is 34.1 Å². The minimum atomic E-state index is 0.575. The van der Waals surface area contributed by atoms with Crippen LogP contribution in [0.4, 0.5) is 0 Å². The first-order valence-corrected chi connectivity index (χ1v) is 4.78. The Labute approximate surface area is 70.6 Å². The molecule has 1 rings (SSSR count). The highest BCUT2D eigenvalue weighted by atomic mass is 14.9. The van der Waals surface area contributed by atoms with Crippen molar-refractivity contribution in [2.75, 3.05) is 13.1 Å². The number of piperidine rings is 1. The fourth-order valence-corrected chi connectivity index (χ4v) is 2.01. The minimum Gasteiger partial charge on any atom is -0.316 e. The number of hydrogen-bond acceptors (Lipinski definition) is 1. The van der Waals surface area contributed by atoms with Gasteiger partial charge in [-0.1, -0.05) is 27.7 Å². The molecule has 1 aliphatic rings. The van der Waals surface area contributed by atoms with Crippen molar-refractivity contribution < 1.29 is 0 Å². The molecule has 1 N–H and O–H groups in total. The molecule has 2 unspecified atom stereocenters. The molecule has 1 saturated heterocycles. The van der Waals surface area contributed by atoms with Gasteiger partial charge in [-0.25, -0.2) is 0 Å². The van der Waals surface area contributed by atoms with Gasteiger partial charge in [0.15, 0.2) is 0 Å². The summed E-state index contributed by atoms with van der Waals surface area (Å²) in [7, 11) is 0. The highest BCUT2D eigenvalue weighted by Gasteiger charge is 2.35. The van der Waals surface area contributed by atoms with Crippen LogP contribution in [0.2, 0.25) is 0 Å². The van der Waals surface area contributed by atoms with Crippen LogP contribution < -0.4 is 5.32 Å². The molecule has 0 aromatic carbocycles. The summed E-state index contributed by atoms with van der Waals surface area (Å²) in [5, 5.41) is 3.44. The summed E-state index contributed by atoms with van der Waals surface area (Å²) < 4.78 is 0. The topological polar surface area (TPSA) is 12.0 Å². The van der Waals surface area contributed by atoms with Crippen molar-refractivity contribution in [2.24, 2.45) is 17.3 Å². The zero-order valence-electron chi connectivity index (χ0n) is 8.28. The fraction of sp³-hybridized carbons (Fsp3) is 1.00. The van der Waals surface area contributed by atoms with Gasteiger partial charge in [0, 0.05) is 0 Å². The summed E-state index contributed by atoms with van der Waals surface area (Å²) in [6.07, 6.45) is 1.34. The molecule has 0 aromatic heterocycles. The lowest BCUT2D eigenvalue weighted by molar-refractivity contribution is 0.0845. The van der Waals surface area contributed by atoms with Gasteiger partial charge in [0.05, 0.1) is 0 Å². The van der Waals surface area contributed by atoms with Gasteiger partial charge in [-0.15, -0.1) is 0 Å². The lowest BCUT2D eigenvalue weighted by Gasteiger charge is -2.43. The molecule has 0 radical (unpaired) electrons. The molecule has 11 heavy (non-hydrogen) atoms. The first kappa shape index (κ1) is 9.05. The van der Waals surface area contributed by atoms with Gasteiger partial charge in [-0.2, -0.15) is 0 Å². The molecule has 1 nitrogen and oxygen atoms in total. The maximum Gasteiger partial charge on any atom is -0.00178 e. The quantitative estimate of drug-likeness (QED) is 0.612. The van der Waals surface area contributed by atoms with Gasteiger partial charge in [0.1, 0.15) is 0 Å². The summed E-state index contributed by atoms with van der Waals surface area (Å²) in [4.78, 5) is 0. The third kappa shape index (κ3) is 1.58. The average molecular weight is 155 g/mol. The predicted octanol–water partition coefficient (Wildman–Crippen LogP) is 2.28. The molecular weight excluding hydrogens is 134 g/mol. The molecule has 1 heterocycles. The Hall–Kier alpha value is -0.0400. The highest BCUT2D eigenvalue weighted by molar-refractivity contribution is 4.88. The molecule has 1 heteroatoms. The van der Waals surface area contributed by atoms with E-state index in [2.05, 4.69) is 33.0 Å². The van der Waals surface area contributed by atoms with Crippen molar-refractivity contribution in [3.05, 3.63) is 0 Å². The molecule has 1 fully saturated rings. The van der Waals surface area contributed by atoms with E-state index in [9.17, 15) is 0 Å². The van der Waals surface area contributed by atoms with Crippen LogP contribution in [0, 0.1) is 17.3 Å². The summed E-state index contributed by atoms with van der Waals surface area (Å²) in [6, 6.07) is 0. The van der Waals surface area contributed by atoms with Crippen LogP contribution in [0.5, 0.6) is 0 Å². The van der Waals surface area contributed by atoms with E-state index in [4.69, 9.17) is 0 Å². The lowest BCUT2D eigenvalue weighted by Crippen LogP contribution is -2.44. The number of nitrogens with one attached hydrogen (secondary N) is 1. The van der Waals surface area contributed by atoms with E-state index < -0.39 is 0 Å². The zero-order valence-corrected chi connectivity index (χ0v) is 8.28. The largest absolute Gasteiger partial charge is 0.316 e. The normalized spacial score (nSPS) is 39.5. The van der Waals surface area contributed by atoms with E-state index >= 15 is 0 Å². The smallest absolute Gasteiger partial charge is 0.00178 e. The second-order valence-electron chi connectivity index (χ2n) is 4.52. The molecule has 2 atom stereocenters. The van der Waals surface area contributed by atoms with E-state index in [1.54, 1.807) is 0 Å².